The molecular formula is C25H27F5N4O4. The third-order valence-corrected chi connectivity index (χ3v) is 6.40. The van der Waals surface area contributed by atoms with E-state index in [0.717, 1.165) is 0 Å². The fourth-order valence-electron chi connectivity index (χ4n) is 4.52. The van der Waals surface area contributed by atoms with Gasteiger partial charge < -0.3 is 25.5 Å². The van der Waals surface area contributed by atoms with E-state index in [2.05, 4.69) is 15.5 Å². The number of aliphatic carboxylic acids is 1. The van der Waals surface area contributed by atoms with E-state index >= 15 is 0 Å². The number of rotatable bonds is 5. The van der Waals surface area contributed by atoms with Crippen LogP contribution in [0.15, 0.2) is 48.5 Å². The van der Waals surface area contributed by atoms with Crippen molar-refractivity contribution < 1.29 is 41.4 Å². The van der Waals surface area contributed by atoms with Gasteiger partial charge in [-0.15, -0.1) is 0 Å². The number of alkyl halides is 3. The van der Waals surface area contributed by atoms with Gasteiger partial charge >= 0.3 is 12.1 Å². The van der Waals surface area contributed by atoms with E-state index in [4.69, 9.17) is 9.90 Å². The molecule has 1 spiro atoms. The number of anilines is 1. The predicted molar refractivity (Wildman–Crippen MR) is 127 cm³/mol. The molecule has 2 heterocycles. The number of benzene rings is 2. The van der Waals surface area contributed by atoms with Crippen molar-refractivity contribution >= 4 is 23.5 Å². The van der Waals surface area contributed by atoms with Crippen LogP contribution in [0.1, 0.15) is 30.1 Å². The molecule has 3 N–H and O–H groups in total. The van der Waals surface area contributed by atoms with Crippen LogP contribution in [0.4, 0.5) is 27.6 Å². The summed E-state index contributed by atoms with van der Waals surface area (Å²) in [5, 5.41) is 13.0. The minimum absolute atomic E-state index is 0.0194. The maximum atomic E-state index is 13.7. The Morgan fingerprint density at radius 3 is 2.24 bits per heavy atom. The van der Waals surface area contributed by atoms with Crippen LogP contribution >= 0.6 is 0 Å². The van der Waals surface area contributed by atoms with Gasteiger partial charge in [0.2, 0.25) is 5.91 Å². The molecule has 2 aliphatic heterocycles. The number of nitrogens with one attached hydrogen (secondary N) is 2. The summed E-state index contributed by atoms with van der Waals surface area (Å²) in [6.07, 6.45) is -3.85. The standard InChI is InChI=1S/C23H26F2N4O2.C2HF3O2/c1-16(27-21(30)17-5-7-18(24)8-6-17)14-28-11-9-23(10-12-28)22(31)26-15-29(23)20-4-2-3-19(25)13-20;3-2(4,5)1(6)7/h2-8,13,16H,9-12,14-15H2,1H3,(H,26,31)(H,27,30);(H,6,7)/t16-;/m1./s1. The number of carboxylic acids is 1. The van der Waals surface area contributed by atoms with Crippen molar-refractivity contribution in [2.75, 3.05) is 31.2 Å². The number of nitrogens with zero attached hydrogens (tertiary/aromatic N) is 2. The molecule has 0 bridgehead atoms. The molecule has 0 unspecified atom stereocenters. The van der Waals surface area contributed by atoms with Gasteiger partial charge in [0, 0.05) is 36.9 Å². The van der Waals surface area contributed by atoms with Crippen LogP contribution in [-0.4, -0.2) is 71.9 Å². The molecule has 0 radical (unpaired) electrons. The lowest BCUT2D eigenvalue weighted by Crippen LogP contribution is -2.57. The van der Waals surface area contributed by atoms with Crippen molar-refractivity contribution in [3.63, 3.8) is 0 Å². The van der Waals surface area contributed by atoms with E-state index in [9.17, 15) is 31.5 Å². The minimum atomic E-state index is -5.08. The van der Waals surface area contributed by atoms with Crippen LogP contribution in [0.25, 0.3) is 0 Å². The monoisotopic (exact) mass is 542 g/mol. The zero-order chi connectivity index (χ0) is 28.1. The number of amides is 2. The Morgan fingerprint density at radius 2 is 1.68 bits per heavy atom. The van der Waals surface area contributed by atoms with Crippen molar-refractivity contribution in [2.45, 2.75) is 37.5 Å². The quantitative estimate of drug-likeness (QED) is 0.502. The summed E-state index contributed by atoms with van der Waals surface area (Å²) in [7, 11) is 0. The van der Waals surface area contributed by atoms with Crippen molar-refractivity contribution in [3.8, 4) is 0 Å². The minimum Gasteiger partial charge on any atom is -0.475 e. The van der Waals surface area contributed by atoms with Crippen molar-refractivity contribution in [2.24, 2.45) is 0 Å². The van der Waals surface area contributed by atoms with Gasteiger partial charge in [0.1, 0.15) is 17.2 Å². The second kappa shape index (κ2) is 11.8. The summed E-state index contributed by atoms with van der Waals surface area (Å²) < 4.78 is 58.5. The third-order valence-electron chi connectivity index (χ3n) is 6.40. The fourth-order valence-corrected chi connectivity index (χ4v) is 4.52. The average Bonchev–Trinajstić information content (AvgIpc) is 3.16. The second-order valence-corrected chi connectivity index (χ2v) is 9.09. The van der Waals surface area contributed by atoms with Gasteiger partial charge in [-0.25, -0.2) is 13.6 Å². The molecule has 206 valence electrons. The topological polar surface area (TPSA) is 102 Å². The highest BCUT2D eigenvalue weighted by Crippen LogP contribution is 2.36. The van der Waals surface area contributed by atoms with E-state index < -0.39 is 17.7 Å². The van der Waals surface area contributed by atoms with Crippen molar-refractivity contribution in [1.82, 2.24) is 15.5 Å². The molecule has 1 atom stereocenters. The summed E-state index contributed by atoms with van der Waals surface area (Å²) in [4.78, 5) is 38.1. The summed E-state index contributed by atoms with van der Waals surface area (Å²) in [5.74, 6) is -3.72. The number of likely N-dealkylation sites (tertiary alicyclic amines) is 1. The highest BCUT2D eigenvalue weighted by Gasteiger charge is 2.50. The van der Waals surface area contributed by atoms with Crippen LogP contribution in [0.5, 0.6) is 0 Å². The normalized spacial score (nSPS) is 17.8. The van der Waals surface area contributed by atoms with E-state index in [1.165, 1.54) is 36.4 Å². The highest BCUT2D eigenvalue weighted by molar-refractivity contribution is 5.94. The highest BCUT2D eigenvalue weighted by atomic mass is 19.4. The number of carbonyl (C=O) groups excluding carboxylic acids is 2. The first-order valence-electron chi connectivity index (χ1n) is 11.7. The molecular weight excluding hydrogens is 515 g/mol. The van der Waals surface area contributed by atoms with Crippen LogP contribution in [0, 0.1) is 11.6 Å². The van der Waals surface area contributed by atoms with Gasteiger partial charge in [0.15, 0.2) is 0 Å². The number of hydrogen-bond acceptors (Lipinski definition) is 5. The summed E-state index contributed by atoms with van der Waals surface area (Å²) in [5.41, 5.74) is 0.441. The van der Waals surface area contributed by atoms with Gasteiger partial charge in [-0.05, 0) is 62.2 Å². The van der Waals surface area contributed by atoms with E-state index in [1.807, 2.05) is 17.9 Å². The molecule has 2 saturated heterocycles. The van der Waals surface area contributed by atoms with E-state index in [-0.39, 0.29) is 29.5 Å². The van der Waals surface area contributed by atoms with Gasteiger partial charge in [-0.3, -0.25) is 9.59 Å². The van der Waals surface area contributed by atoms with Crippen molar-refractivity contribution in [1.29, 1.82) is 0 Å². The molecule has 0 aromatic heterocycles. The van der Waals surface area contributed by atoms with Crippen LogP contribution < -0.4 is 15.5 Å². The Morgan fingerprint density at radius 1 is 1.08 bits per heavy atom. The van der Waals surface area contributed by atoms with E-state index in [1.54, 1.807) is 6.07 Å². The molecule has 0 aliphatic carbocycles. The molecule has 0 saturated carbocycles. The van der Waals surface area contributed by atoms with Gasteiger partial charge in [0.05, 0.1) is 6.67 Å². The predicted octanol–water partition coefficient (Wildman–Crippen LogP) is 3.14. The van der Waals surface area contributed by atoms with Crippen LogP contribution in [-0.2, 0) is 9.59 Å². The van der Waals surface area contributed by atoms with Crippen molar-refractivity contribution in [3.05, 3.63) is 65.7 Å². The first kappa shape index (κ1) is 28.8. The number of piperidine rings is 1. The molecule has 2 aromatic carbocycles. The lowest BCUT2D eigenvalue weighted by atomic mass is 9.85. The Kier molecular flexibility index (Phi) is 8.92. The van der Waals surface area contributed by atoms with Gasteiger partial charge in [-0.1, -0.05) is 6.07 Å². The number of hydrogen-bond donors (Lipinski definition) is 3. The zero-order valence-electron chi connectivity index (χ0n) is 20.4. The third kappa shape index (κ3) is 6.97. The molecule has 38 heavy (non-hydrogen) atoms. The maximum absolute atomic E-state index is 13.7. The van der Waals surface area contributed by atoms with Crippen LogP contribution in [0.3, 0.4) is 0 Å². The fraction of sp³-hybridized carbons (Fsp3) is 0.400. The molecule has 4 rings (SSSR count). The van der Waals surface area contributed by atoms with Crippen LogP contribution in [0.2, 0.25) is 0 Å². The first-order valence-corrected chi connectivity index (χ1v) is 11.7. The van der Waals surface area contributed by atoms with Gasteiger partial charge in [0.25, 0.3) is 5.91 Å². The lowest BCUT2D eigenvalue weighted by Gasteiger charge is -2.43. The lowest BCUT2D eigenvalue weighted by molar-refractivity contribution is -0.192. The van der Waals surface area contributed by atoms with Gasteiger partial charge in [-0.2, -0.15) is 13.2 Å². The molecule has 2 aliphatic rings. The number of carbonyl (C=O) groups is 3. The summed E-state index contributed by atoms with van der Waals surface area (Å²) in [6.45, 7) is 4.32. The second-order valence-electron chi connectivity index (χ2n) is 9.09. The number of halogens is 5. The molecule has 2 amide bonds. The summed E-state index contributed by atoms with van der Waals surface area (Å²) >= 11 is 0. The first-order chi connectivity index (χ1) is 17.8. The SMILES string of the molecule is C[C@H](CN1CCC2(CC1)C(=O)NCN2c1cccc(F)c1)NC(=O)c1ccc(F)cc1.O=C(O)C(F)(F)F. The molecule has 2 fully saturated rings. The average molecular weight is 543 g/mol. The Bertz CT molecular complexity index is 1150. The largest absolute Gasteiger partial charge is 0.490 e. The molecule has 2 aromatic rings. The Balaban J connectivity index is 0.000000505. The molecule has 8 nitrogen and oxygen atoms in total. The molecule has 13 heteroatoms. The van der Waals surface area contributed by atoms with E-state index in [0.29, 0.717) is 50.4 Å². The maximum Gasteiger partial charge on any atom is 0.490 e. The summed E-state index contributed by atoms with van der Waals surface area (Å²) in [6, 6.07) is 11.7. The Hall–Kier alpha value is -3.74. The Labute approximate surface area is 215 Å². The zero-order valence-corrected chi connectivity index (χ0v) is 20.4. The smallest absolute Gasteiger partial charge is 0.475 e. The number of carboxylic acid groups (broad SMARTS) is 1.